The van der Waals surface area contributed by atoms with Crippen LogP contribution in [0.3, 0.4) is 0 Å². The molecule has 4 nitrogen and oxygen atoms in total. The van der Waals surface area contributed by atoms with Gasteiger partial charge in [-0.2, -0.15) is 0 Å². The second-order valence-electron chi connectivity index (χ2n) is 4.89. The standard InChI is InChI=1S/C16H12F2N2O2/c1-9-19-14-6-10(2-5-15(14)22-9)7-16(21)20-11-3-4-12(17)13(18)8-11/h2-6,8H,7H2,1H3,(H,20,21). The molecule has 1 aromatic heterocycles. The molecule has 0 aliphatic rings. The van der Waals surface area contributed by atoms with Crippen LogP contribution in [0.5, 0.6) is 0 Å². The van der Waals surface area contributed by atoms with Crippen molar-refractivity contribution >= 4 is 22.7 Å². The van der Waals surface area contributed by atoms with Crippen LogP contribution >= 0.6 is 0 Å². The Balaban J connectivity index is 1.73. The van der Waals surface area contributed by atoms with Gasteiger partial charge in [-0.1, -0.05) is 6.07 Å². The van der Waals surface area contributed by atoms with Crippen LogP contribution in [0.2, 0.25) is 0 Å². The molecule has 112 valence electrons. The lowest BCUT2D eigenvalue weighted by Crippen LogP contribution is -2.14. The van der Waals surface area contributed by atoms with Crippen molar-refractivity contribution < 1.29 is 18.0 Å². The number of hydrogen-bond donors (Lipinski definition) is 1. The maximum Gasteiger partial charge on any atom is 0.228 e. The molecule has 0 bridgehead atoms. The van der Waals surface area contributed by atoms with E-state index in [1.54, 1.807) is 25.1 Å². The monoisotopic (exact) mass is 302 g/mol. The highest BCUT2D eigenvalue weighted by Gasteiger charge is 2.09. The van der Waals surface area contributed by atoms with E-state index in [4.69, 9.17) is 4.42 Å². The maximum atomic E-state index is 13.1. The van der Waals surface area contributed by atoms with Crippen molar-refractivity contribution in [3.63, 3.8) is 0 Å². The minimum absolute atomic E-state index is 0.0981. The molecule has 2 aromatic carbocycles. The van der Waals surface area contributed by atoms with Crippen molar-refractivity contribution in [2.75, 3.05) is 5.32 Å². The average molecular weight is 302 g/mol. The number of aromatic nitrogens is 1. The zero-order chi connectivity index (χ0) is 15.7. The molecule has 1 N–H and O–H groups in total. The number of amides is 1. The zero-order valence-electron chi connectivity index (χ0n) is 11.7. The number of aryl methyl sites for hydroxylation is 1. The van der Waals surface area contributed by atoms with Gasteiger partial charge in [-0.25, -0.2) is 13.8 Å². The number of hydrogen-bond acceptors (Lipinski definition) is 3. The minimum atomic E-state index is -1.00. The van der Waals surface area contributed by atoms with Gasteiger partial charge in [0, 0.05) is 18.7 Å². The molecule has 0 fully saturated rings. The summed E-state index contributed by atoms with van der Waals surface area (Å²) in [7, 11) is 0. The van der Waals surface area contributed by atoms with E-state index in [0.717, 1.165) is 17.7 Å². The van der Waals surface area contributed by atoms with E-state index < -0.39 is 11.6 Å². The molecule has 0 atom stereocenters. The number of carbonyl (C=O) groups excluding carboxylic acids is 1. The Morgan fingerprint density at radius 2 is 2.00 bits per heavy atom. The molecule has 0 aliphatic heterocycles. The lowest BCUT2D eigenvalue weighted by atomic mass is 10.1. The number of nitrogens with zero attached hydrogens (tertiary/aromatic N) is 1. The molecule has 3 rings (SSSR count). The van der Waals surface area contributed by atoms with Crippen LogP contribution in [0.4, 0.5) is 14.5 Å². The van der Waals surface area contributed by atoms with E-state index in [1.165, 1.54) is 6.07 Å². The number of benzene rings is 2. The Labute approximate surface area is 124 Å². The third kappa shape index (κ3) is 2.95. The predicted octanol–water partition coefficient (Wildman–Crippen LogP) is 3.60. The fourth-order valence-electron chi connectivity index (χ4n) is 2.16. The Bertz CT molecular complexity index is 858. The minimum Gasteiger partial charge on any atom is -0.441 e. The van der Waals surface area contributed by atoms with E-state index in [0.29, 0.717) is 17.0 Å². The summed E-state index contributed by atoms with van der Waals surface area (Å²) < 4.78 is 31.3. The van der Waals surface area contributed by atoms with E-state index in [2.05, 4.69) is 10.3 Å². The first-order valence-electron chi connectivity index (χ1n) is 6.62. The smallest absolute Gasteiger partial charge is 0.228 e. The van der Waals surface area contributed by atoms with E-state index in [-0.39, 0.29) is 18.0 Å². The molecular weight excluding hydrogens is 290 g/mol. The number of halogens is 2. The lowest BCUT2D eigenvalue weighted by molar-refractivity contribution is -0.115. The summed E-state index contributed by atoms with van der Waals surface area (Å²) in [4.78, 5) is 16.1. The molecule has 0 saturated heterocycles. The number of nitrogens with one attached hydrogen (secondary N) is 1. The molecule has 0 unspecified atom stereocenters. The van der Waals surface area contributed by atoms with Crippen LogP contribution in [-0.2, 0) is 11.2 Å². The Morgan fingerprint density at radius 3 is 2.77 bits per heavy atom. The van der Waals surface area contributed by atoms with Gasteiger partial charge in [-0.15, -0.1) is 0 Å². The second-order valence-corrected chi connectivity index (χ2v) is 4.89. The Hall–Kier alpha value is -2.76. The molecule has 1 heterocycles. The topological polar surface area (TPSA) is 55.1 Å². The third-order valence-corrected chi connectivity index (χ3v) is 3.13. The fourth-order valence-corrected chi connectivity index (χ4v) is 2.16. The number of oxazole rings is 1. The molecule has 6 heteroatoms. The number of fused-ring (bicyclic) bond motifs is 1. The summed E-state index contributed by atoms with van der Waals surface area (Å²) in [6.07, 6.45) is 0.0981. The van der Waals surface area contributed by atoms with Crippen LogP contribution in [0.15, 0.2) is 40.8 Å². The third-order valence-electron chi connectivity index (χ3n) is 3.13. The first-order chi connectivity index (χ1) is 10.5. The van der Waals surface area contributed by atoms with Crippen LogP contribution in [-0.4, -0.2) is 10.9 Å². The Kier molecular flexibility index (Phi) is 3.58. The van der Waals surface area contributed by atoms with Crippen molar-refractivity contribution in [3.8, 4) is 0 Å². The Morgan fingerprint density at radius 1 is 1.18 bits per heavy atom. The number of rotatable bonds is 3. The van der Waals surface area contributed by atoms with Crippen molar-refractivity contribution in [1.29, 1.82) is 0 Å². The van der Waals surface area contributed by atoms with Crippen molar-refractivity contribution in [1.82, 2.24) is 4.98 Å². The average Bonchev–Trinajstić information content (AvgIpc) is 2.82. The van der Waals surface area contributed by atoms with Crippen molar-refractivity contribution in [2.24, 2.45) is 0 Å². The second kappa shape index (κ2) is 5.55. The summed E-state index contributed by atoms with van der Waals surface area (Å²) in [6, 6.07) is 8.48. The zero-order valence-corrected chi connectivity index (χ0v) is 11.7. The van der Waals surface area contributed by atoms with Crippen molar-refractivity contribution in [3.05, 3.63) is 59.5 Å². The highest BCUT2D eigenvalue weighted by atomic mass is 19.2. The van der Waals surface area contributed by atoms with Gasteiger partial charge in [0.25, 0.3) is 0 Å². The van der Waals surface area contributed by atoms with E-state index in [1.807, 2.05) is 0 Å². The normalized spacial score (nSPS) is 10.9. The predicted molar refractivity (Wildman–Crippen MR) is 77.4 cm³/mol. The summed E-state index contributed by atoms with van der Waals surface area (Å²) in [6.45, 7) is 1.75. The van der Waals surface area contributed by atoms with Gasteiger partial charge in [-0.05, 0) is 29.8 Å². The van der Waals surface area contributed by atoms with Gasteiger partial charge in [0.1, 0.15) is 5.52 Å². The fraction of sp³-hybridized carbons (Fsp3) is 0.125. The van der Waals surface area contributed by atoms with Gasteiger partial charge < -0.3 is 9.73 Å². The molecule has 0 radical (unpaired) electrons. The largest absolute Gasteiger partial charge is 0.441 e. The van der Waals surface area contributed by atoms with Gasteiger partial charge >= 0.3 is 0 Å². The highest BCUT2D eigenvalue weighted by Crippen LogP contribution is 2.18. The molecule has 3 aromatic rings. The molecule has 1 amide bonds. The van der Waals surface area contributed by atoms with Crippen LogP contribution in [0, 0.1) is 18.6 Å². The summed E-state index contributed by atoms with van der Waals surface area (Å²) >= 11 is 0. The van der Waals surface area contributed by atoms with Gasteiger partial charge in [0.2, 0.25) is 5.91 Å². The highest BCUT2D eigenvalue weighted by molar-refractivity contribution is 5.92. The van der Waals surface area contributed by atoms with E-state index >= 15 is 0 Å². The summed E-state index contributed by atoms with van der Waals surface area (Å²) in [5.41, 5.74) is 2.29. The van der Waals surface area contributed by atoms with Crippen LogP contribution in [0.1, 0.15) is 11.5 Å². The summed E-state index contributed by atoms with van der Waals surface area (Å²) in [5.74, 6) is -1.73. The van der Waals surface area contributed by atoms with E-state index in [9.17, 15) is 13.6 Å². The molecule has 0 aliphatic carbocycles. The number of carbonyl (C=O) groups is 1. The molecule has 22 heavy (non-hydrogen) atoms. The van der Waals surface area contributed by atoms with Gasteiger partial charge in [0.05, 0.1) is 6.42 Å². The van der Waals surface area contributed by atoms with Crippen LogP contribution in [0.25, 0.3) is 11.1 Å². The summed E-state index contributed by atoms with van der Waals surface area (Å²) in [5, 5.41) is 2.52. The first kappa shape index (κ1) is 14.2. The number of anilines is 1. The molecular formula is C16H12F2N2O2. The van der Waals surface area contributed by atoms with Gasteiger partial charge in [-0.3, -0.25) is 4.79 Å². The molecule has 0 spiro atoms. The quantitative estimate of drug-likeness (QED) is 0.804. The maximum absolute atomic E-state index is 13.1. The SMILES string of the molecule is Cc1nc2cc(CC(=O)Nc3ccc(F)c(F)c3)ccc2o1. The first-order valence-corrected chi connectivity index (χ1v) is 6.62. The van der Waals surface area contributed by atoms with Gasteiger partial charge in [0.15, 0.2) is 23.1 Å². The molecule has 0 saturated carbocycles. The van der Waals surface area contributed by atoms with Crippen LogP contribution < -0.4 is 5.32 Å². The van der Waals surface area contributed by atoms with Crippen molar-refractivity contribution in [2.45, 2.75) is 13.3 Å². The lowest BCUT2D eigenvalue weighted by Gasteiger charge is -2.05.